The minimum atomic E-state index is -0.980. The fourth-order valence-corrected chi connectivity index (χ4v) is 2.42. The Hall–Kier alpha value is -1.73. The zero-order chi connectivity index (χ0) is 15.4. The average Bonchev–Trinajstić information content (AvgIpc) is 2.43. The van der Waals surface area contributed by atoms with Crippen molar-refractivity contribution >= 4 is 11.8 Å². The maximum Gasteiger partial charge on any atom is 0.339 e. The SMILES string of the molecule is Cc1nnc(NC(C)CN2CCOCC2)c(C(=O)O)c1C. The molecule has 1 aliphatic heterocycles. The van der Waals surface area contributed by atoms with E-state index >= 15 is 0 Å². The predicted octanol–water partition coefficient (Wildman–Crippen LogP) is 0.924. The summed E-state index contributed by atoms with van der Waals surface area (Å²) >= 11 is 0. The van der Waals surface area contributed by atoms with Crippen molar-refractivity contribution in [2.75, 3.05) is 38.2 Å². The second-order valence-corrected chi connectivity index (χ2v) is 5.40. The maximum atomic E-state index is 11.4. The minimum absolute atomic E-state index is 0.0811. The zero-order valence-electron chi connectivity index (χ0n) is 12.7. The van der Waals surface area contributed by atoms with Crippen LogP contribution in [0.4, 0.5) is 5.82 Å². The van der Waals surface area contributed by atoms with Crippen molar-refractivity contribution in [3.05, 3.63) is 16.8 Å². The van der Waals surface area contributed by atoms with Gasteiger partial charge in [0.05, 0.1) is 18.9 Å². The van der Waals surface area contributed by atoms with Gasteiger partial charge in [0.15, 0.2) is 5.82 Å². The van der Waals surface area contributed by atoms with Crippen molar-refractivity contribution in [2.45, 2.75) is 26.8 Å². The predicted molar refractivity (Wildman–Crippen MR) is 78.8 cm³/mol. The van der Waals surface area contributed by atoms with Crippen LogP contribution in [0.1, 0.15) is 28.5 Å². The number of hydrogen-bond donors (Lipinski definition) is 2. The molecule has 1 aromatic rings. The van der Waals surface area contributed by atoms with Crippen LogP contribution in [0, 0.1) is 13.8 Å². The van der Waals surface area contributed by atoms with E-state index in [0.29, 0.717) is 17.1 Å². The Bertz CT molecular complexity index is 515. The number of aromatic nitrogens is 2. The molecule has 2 rings (SSSR count). The maximum absolute atomic E-state index is 11.4. The summed E-state index contributed by atoms with van der Waals surface area (Å²) in [5.41, 5.74) is 1.49. The third-order valence-electron chi connectivity index (χ3n) is 3.69. The van der Waals surface area contributed by atoms with E-state index in [-0.39, 0.29) is 11.6 Å². The number of morpholine rings is 1. The van der Waals surface area contributed by atoms with E-state index in [4.69, 9.17) is 4.74 Å². The van der Waals surface area contributed by atoms with Crippen molar-refractivity contribution in [3.8, 4) is 0 Å². The number of carboxylic acid groups (broad SMARTS) is 1. The molecule has 2 heterocycles. The van der Waals surface area contributed by atoms with Gasteiger partial charge in [0.2, 0.25) is 0 Å². The minimum Gasteiger partial charge on any atom is -0.478 e. The molecule has 1 saturated heterocycles. The highest BCUT2D eigenvalue weighted by molar-refractivity contribution is 5.94. The zero-order valence-corrected chi connectivity index (χ0v) is 12.7. The number of rotatable bonds is 5. The number of carbonyl (C=O) groups is 1. The standard InChI is InChI=1S/C14H22N4O3/c1-9(8-18-4-6-21-7-5-18)15-13-12(14(19)20)10(2)11(3)16-17-13/h9H,4-8H2,1-3H3,(H,15,17)(H,19,20). The number of anilines is 1. The summed E-state index contributed by atoms with van der Waals surface area (Å²) in [7, 11) is 0. The van der Waals surface area contributed by atoms with Gasteiger partial charge >= 0.3 is 5.97 Å². The fraction of sp³-hybridized carbons (Fsp3) is 0.643. The largest absolute Gasteiger partial charge is 0.478 e. The summed E-state index contributed by atoms with van der Waals surface area (Å²) in [5.74, 6) is -0.641. The number of aryl methyl sites for hydroxylation is 1. The van der Waals surface area contributed by atoms with E-state index in [1.165, 1.54) is 0 Å². The number of nitrogens with one attached hydrogen (secondary N) is 1. The van der Waals surface area contributed by atoms with Crippen molar-refractivity contribution in [3.63, 3.8) is 0 Å². The Labute approximate surface area is 124 Å². The summed E-state index contributed by atoms with van der Waals surface area (Å²) in [6, 6.07) is 0.0811. The molecule has 0 bridgehead atoms. The van der Waals surface area contributed by atoms with Gasteiger partial charge in [-0.1, -0.05) is 0 Å². The Morgan fingerprint density at radius 1 is 1.38 bits per heavy atom. The normalized spacial score (nSPS) is 17.5. The number of hydrogen-bond acceptors (Lipinski definition) is 6. The van der Waals surface area contributed by atoms with Crippen LogP contribution in [0.2, 0.25) is 0 Å². The summed E-state index contributed by atoms with van der Waals surface area (Å²) in [6.07, 6.45) is 0. The van der Waals surface area contributed by atoms with Crippen LogP contribution >= 0.6 is 0 Å². The first-order chi connectivity index (χ1) is 9.99. The van der Waals surface area contributed by atoms with Crippen LogP contribution in [-0.2, 0) is 4.74 Å². The molecule has 0 spiro atoms. The number of nitrogens with zero attached hydrogens (tertiary/aromatic N) is 3. The first-order valence-electron chi connectivity index (χ1n) is 7.13. The topological polar surface area (TPSA) is 87.6 Å². The molecule has 0 radical (unpaired) electrons. The fourth-order valence-electron chi connectivity index (χ4n) is 2.42. The molecule has 0 aromatic carbocycles. The molecule has 7 nitrogen and oxygen atoms in total. The van der Waals surface area contributed by atoms with Crippen molar-refractivity contribution in [1.82, 2.24) is 15.1 Å². The van der Waals surface area contributed by atoms with Gasteiger partial charge in [-0.25, -0.2) is 4.79 Å². The van der Waals surface area contributed by atoms with Crippen LogP contribution in [0.15, 0.2) is 0 Å². The quantitative estimate of drug-likeness (QED) is 0.835. The van der Waals surface area contributed by atoms with Crippen LogP contribution in [0.5, 0.6) is 0 Å². The first-order valence-corrected chi connectivity index (χ1v) is 7.13. The third-order valence-corrected chi connectivity index (χ3v) is 3.69. The van der Waals surface area contributed by atoms with Gasteiger partial charge in [0.25, 0.3) is 0 Å². The van der Waals surface area contributed by atoms with Crippen LogP contribution in [-0.4, -0.2) is 65.1 Å². The molecule has 116 valence electrons. The van der Waals surface area contributed by atoms with E-state index < -0.39 is 5.97 Å². The Morgan fingerprint density at radius 3 is 2.67 bits per heavy atom. The first kappa shape index (κ1) is 15.7. The second kappa shape index (κ2) is 6.82. The molecule has 0 aliphatic carbocycles. The van der Waals surface area contributed by atoms with E-state index in [2.05, 4.69) is 20.4 Å². The van der Waals surface area contributed by atoms with E-state index in [0.717, 1.165) is 32.8 Å². The second-order valence-electron chi connectivity index (χ2n) is 5.40. The average molecular weight is 294 g/mol. The molecule has 0 saturated carbocycles. The molecule has 21 heavy (non-hydrogen) atoms. The van der Waals surface area contributed by atoms with E-state index in [9.17, 15) is 9.90 Å². The van der Waals surface area contributed by atoms with Crippen LogP contribution in [0.25, 0.3) is 0 Å². The molecule has 1 aromatic heterocycles. The summed E-state index contributed by atoms with van der Waals surface area (Å²) in [6.45, 7) is 9.63. The molecule has 1 aliphatic rings. The van der Waals surface area contributed by atoms with Gasteiger partial charge in [0.1, 0.15) is 5.56 Å². The van der Waals surface area contributed by atoms with Crippen molar-refractivity contribution in [2.24, 2.45) is 0 Å². The van der Waals surface area contributed by atoms with Gasteiger partial charge < -0.3 is 15.2 Å². The highest BCUT2D eigenvalue weighted by atomic mass is 16.5. The van der Waals surface area contributed by atoms with E-state index in [1.54, 1.807) is 13.8 Å². The molecule has 1 unspecified atom stereocenters. The third kappa shape index (κ3) is 3.89. The lowest BCUT2D eigenvalue weighted by molar-refractivity contribution is 0.0368. The molecule has 1 atom stereocenters. The summed E-state index contributed by atoms with van der Waals surface area (Å²) < 4.78 is 5.32. The molecular formula is C14H22N4O3. The van der Waals surface area contributed by atoms with Crippen LogP contribution < -0.4 is 5.32 Å². The summed E-state index contributed by atoms with van der Waals surface area (Å²) in [5, 5.41) is 20.6. The molecule has 2 N–H and O–H groups in total. The lowest BCUT2D eigenvalue weighted by atomic mass is 10.1. The molecule has 7 heteroatoms. The van der Waals surface area contributed by atoms with Gasteiger partial charge in [-0.3, -0.25) is 4.90 Å². The molecule has 0 amide bonds. The van der Waals surface area contributed by atoms with Gasteiger partial charge in [-0.2, -0.15) is 5.10 Å². The number of aromatic carboxylic acids is 1. The van der Waals surface area contributed by atoms with Gasteiger partial charge in [-0.15, -0.1) is 5.10 Å². The van der Waals surface area contributed by atoms with Crippen LogP contribution in [0.3, 0.4) is 0 Å². The smallest absolute Gasteiger partial charge is 0.339 e. The Balaban J connectivity index is 2.08. The lowest BCUT2D eigenvalue weighted by Gasteiger charge is -2.29. The molecule has 1 fully saturated rings. The highest BCUT2D eigenvalue weighted by Crippen LogP contribution is 2.19. The molecular weight excluding hydrogens is 272 g/mol. The monoisotopic (exact) mass is 294 g/mol. The highest BCUT2D eigenvalue weighted by Gasteiger charge is 2.20. The summed E-state index contributed by atoms with van der Waals surface area (Å²) in [4.78, 5) is 13.7. The van der Waals surface area contributed by atoms with Gasteiger partial charge in [0, 0.05) is 25.7 Å². The van der Waals surface area contributed by atoms with E-state index in [1.807, 2.05) is 6.92 Å². The van der Waals surface area contributed by atoms with Crippen molar-refractivity contribution < 1.29 is 14.6 Å². The Kier molecular flexibility index (Phi) is 5.08. The lowest BCUT2D eigenvalue weighted by Crippen LogP contribution is -2.42. The number of ether oxygens (including phenoxy) is 1. The van der Waals surface area contributed by atoms with Crippen molar-refractivity contribution in [1.29, 1.82) is 0 Å². The Morgan fingerprint density at radius 2 is 2.05 bits per heavy atom. The number of carboxylic acids is 1. The van der Waals surface area contributed by atoms with Gasteiger partial charge in [-0.05, 0) is 26.3 Å².